The lowest BCUT2D eigenvalue weighted by atomic mass is 9.86. The minimum Gasteiger partial charge on any atom is -0.376 e. The molecule has 0 atom stereocenters. The monoisotopic (exact) mass is 425 g/mol. The van der Waals surface area contributed by atoms with Crippen molar-refractivity contribution < 1.29 is 14.3 Å². The fraction of sp³-hybridized carbons (Fsp3) is 0.435. The van der Waals surface area contributed by atoms with Crippen LogP contribution in [-0.4, -0.2) is 33.4 Å². The highest BCUT2D eigenvalue weighted by atomic mass is 32.1. The van der Waals surface area contributed by atoms with Gasteiger partial charge < -0.3 is 9.14 Å². The van der Waals surface area contributed by atoms with Crippen LogP contribution in [-0.2, 0) is 9.53 Å². The summed E-state index contributed by atoms with van der Waals surface area (Å²) >= 11 is 1.61. The van der Waals surface area contributed by atoms with Crippen molar-refractivity contribution in [1.29, 1.82) is 0 Å². The van der Waals surface area contributed by atoms with Gasteiger partial charge in [-0.25, -0.2) is 4.98 Å². The summed E-state index contributed by atoms with van der Waals surface area (Å²) < 4.78 is 7.73. The van der Waals surface area contributed by atoms with Crippen LogP contribution in [0.4, 0.5) is 0 Å². The van der Waals surface area contributed by atoms with Crippen molar-refractivity contribution >= 4 is 28.8 Å². The molecule has 3 aromatic rings. The van der Waals surface area contributed by atoms with Gasteiger partial charge in [-0.15, -0.1) is 11.3 Å². The molecule has 1 aliphatic rings. The number of aromatic nitrogens is 2. The first-order chi connectivity index (χ1) is 14.4. The zero-order valence-corrected chi connectivity index (χ0v) is 18.4. The molecule has 4 rings (SSSR count). The Labute approximate surface area is 180 Å². The largest absolute Gasteiger partial charge is 0.376 e. The van der Waals surface area contributed by atoms with Crippen LogP contribution in [0.1, 0.15) is 55.6 Å². The number of ether oxygens (including phenoxy) is 1. The Morgan fingerprint density at radius 1 is 1.23 bits per heavy atom. The molecule has 0 spiro atoms. The number of fused-ring (bicyclic) bond motifs is 1. The Balaban J connectivity index is 1.48. The van der Waals surface area contributed by atoms with E-state index in [1.54, 1.807) is 17.4 Å². The molecule has 3 heterocycles. The zero-order chi connectivity index (χ0) is 21.3. The van der Waals surface area contributed by atoms with Crippen LogP contribution in [0.5, 0.6) is 0 Å². The molecule has 0 unspecified atom stereocenters. The van der Waals surface area contributed by atoms with Crippen LogP contribution in [0.25, 0.3) is 16.2 Å². The number of aryl methyl sites for hydroxylation is 1. The van der Waals surface area contributed by atoms with Crippen LogP contribution in [0.2, 0.25) is 0 Å². The lowest BCUT2D eigenvalue weighted by molar-refractivity contribution is -0.126. The molecule has 30 heavy (non-hydrogen) atoms. The number of hydrogen-bond acceptors (Lipinski definition) is 5. The van der Waals surface area contributed by atoms with Crippen molar-refractivity contribution in [1.82, 2.24) is 14.7 Å². The van der Waals surface area contributed by atoms with Crippen molar-refractivity contribution in [3.05, 3.63) is 47.1 Å². The number of carbonyl (C=O) groups excluding carboxylic acids is 2. The molecule has 158 valence electrons. The summed E-state index contributed by atoms with van der Waals surface area (Å²) in [5, 5.41) is 4.61. The summed E-state index contributed by atoms with van der Waals surface area (Å²) in [7, 11) is 0. The first-order valence-electron chi connectivity index (χ1n) is 10.5. The second-order valence-electron chi connectivity index (χ2n) is 8.16. The number of thiophene rings is 1. The molecule has 7 heteroatoms. The van der Waals surface area contributed by atoms with Gasteiger partial charge in [-0.1, -0.05) is 6.07 Å². The number of nitrogens with zero attached hydrogens (tertiary/aromatic N) is 2. The van der Waals surface area contributed by atoms with Gasteiger partial charge in [0.25, 0.3) is 5.91 Å². The minimum atomic E-state index is -0.390. The smallest absolute Gasteiger partial charge is 0.261 e. The van der Waals surface area contributed by atoms with Crippen molar-refractivity contribution in [2.75, 3.05) is 0 Å². The molecule has 6 nitrogen and oxygen atoms in total. The topological polar surface area (TPSA) is 72.7 Å². The number of carbonyl (C=O) groups is 2. The van der Waals surface area contributed by atoms with E-state index < -0.39 is 5.91 Å². The number of rotatable bonds is 5. The van der Waals surface area contributed by atoms with E-state index in [4.69, 9.17) is 9.72 Å². The van der Waals surface area contributed by atoms with Gasteiger partial charge in [0, 0.05) is 17.8 Å². The van der Waals surface area contributed by atoms with E-state index in [9.17, 15) is 9.59 Å². The van der Waals surface area contributed by atoms with E-state index in [1.165, 1.54) is 0 Å². The highest BCUT2D eigenvalue weighted by Gasteiger charge is 2.29. The molecule has 1 N–H and O–H groups in total. The summed E-state index contributed by atoms with van der Waals surface area (Å²) in [6.45, 7) is 6.04. The predicted octanol–water partition coefficient (Wildman–Crippen LogP) is 4.61. The summed E-state index contributed by atoms with van der Waals surface area (Å²) in [5.74, 6) is -0.738. The maximum atomic E-state index is 12.9. The van der Waals surface area contributed by atoms with Gasteiger partial charge in [0.05, 0.1) is 28.3 Å². The van der Waals surface area contributed by atoms with Crippen LogP contribution in [0.3, 0.4) is 0 Å². The highest BCUT2D eigenvalue weighted by Crippen LogP contribution is 2.28. The number of imide groups is 1. The van der Waals surface area contributed by atoms with Gasteiger partial charge in [-0.05, 0) is 70.0 Å². The Morgan fingerprint density at radius 2 is 2.00 bits per heavy atom. The van der Waals surface area contributed by atoms with Crippen LogP contribution >= 0.6 is 11.3 Å². The molecule has 0 saturated heterocycles. The third kappa shape index (κ3) is 4.32. The van der Waals surface area contributed by atoms with E-state index in [0.29, 0.717) is 11.2 Å². The van der Waals surface area contributed by atoms with Crippen molar-refractivity contribution in [3.63, 3.8) is 0 Å². The van der Waals surface area contributed by atoms with Gasteiger partial charge in [0.15, 0.2) is 5.65 Å². The Morgan fingerprint density at radius 3 is 2.67 bits per heavy atom. The molecule has 0 bridgehead atoms. The Bertz CT molecular complexity index is 1050. The van der Waals surface area contributed by atoms with Gasteiger partial charge in [-0.2, -0.15) is 0 Å². The van der Waals surface area contributed by atoms with Crippen molar-refractivity contribution in [2.24, 2.45) is 5.92 Å². The SMILES string of the molecule is Cc1cc(-c2cccs2)nc2c(C(=O)NC(=O)C3CCC(OC(C)C)CC3)ccn12. The molecule has 3 aromatic heterocycles. The van der Waals surface area contributed by atoms with Crippen molar-refractivity contribution in [3.8, 4) is 10.6 Å². The first kappa shape index (κ1) is 20.8. The van der Waals surface area contributed by atoms with E-state index in [0.717, 1.165) is 41.9 Å². The maximum Gasteiger partial charge on any atom is 0.261 e. The number of hydrogen-bond donors (Lipinski definition) is 1. The zero-order valence-electron chi connectivity index (χ0n) is 17.6. The Hall–Kier alpha value is -2.51. The van der Waals surface area contributed by atoms with Crippen LogP contribution in [0.15, 0.2) is 35.8 Å². The van der Waals surface area contributed by atoms with E-state index in [2.05, 4.69) is 5.32 Å². The lowest BCUT2D eigenvalue weighted by Gasteiger charge is -2.28. The Kier molecular flexibility index (Phi) is 6.01. The van der Waals surface area contributed by atoms with E-state index >= 15 is 0 Å². The first-order valence-corrected chi connectivity index (χ1v) is 11.3. The maximum absolute atomic E-state index is 12.9. The average molecular weight is 426 g/mol. The molecule has 0 aliphatic heterocycles. The summed E-state index contributed by atoms with van der Waals surface area (Å²) in [4.78, 5) is 31.3. The average Bonchev–Trinajstić information content (AvgIpc) is 3.38. The van der Waals surface area contributed by atoms with Gasteiger partial charge in [0.1, 0.15) is 0 Å². The lowest BCUT2D eigenvalue weighted by Crippen LogP contribution is -2.38. The van der Waals surface area contributed by atoms with Gasteiger partial charge in [0.2, 0.25) is 5.91 Å². The fourth-order valence-corrected chi connectivity index (χ4v) is 4.78. The third-order valence-electron chi connectivity index (χ3n) is 5.58. The van der Waals surface area contributed by atoms with E-state index in [1.807, 2.05) is 54.9 Å². The quantitative estimate of drug-likeness (QED) is 0.606. The second-order valence-corrected chi connectivity index (χ2v) is 9.11. The summed E-state index contributed by atoms with van der Waals surface area (Å²) in [6.07, 6.45) is 5.42. The normalized spacial score (nSPS) is 19.3. The molecular formula is C23H27N3O3S. The summed E-state index contributed by atoms with van der Waals surface area (Å²) in [5.41, 5.74) is 2.80. The predicted molar refractivity (Wildman–Crippen MR) is 118 cm³/mol. The third-order valence-corrected chi connectivity index (χ3v) is 6.47. The molecule has 2 amide bonds. The van der Waals surface area contributed by atoms with Crippen LogP contribution in [0, 0.1) is 12.8 Å². The molecule has 1 saturated carbocycles. The van der Waals surface area contributed by atoms with E-state index in [-0.39, 0.29) is 24.0 Å². The van der Waals surface area contributed by atoms with Crippen LogP contribution < -0.4 is 5.32 Å². The minimum absolute atomic E-state index is 0.147. The highest BCUT2D eigenvalue weighted by molar-refractivity contribution is 7.13. The number of amides is 2. The fourth-order valence-electron chi connectivity index (χ4n) is 4.09. The standard InChI is InChI=1S/C23H27N3O3S/c1-14(2)29-17-8-6-16(7-9-17)22(27)25-23(28)18-10-11-26-15(3)13-19(24-21(18)26)20-5-4-12-30-20/h4-5,10-14,16-17H,6-9H2,1-3H3,(H,25,27,28). The number of nitrogens with one attached hydrogen (secondary N) is 1. The van der Waals surface area contributed by atoms with Gasteiger partial charge in [-0.3, -0.25) is 14.9 Å². The van der Waals surface area contributed by atoms with Crippen molar-refractivity contribution in [2.45, 2.75) is 58.7 Å². The molecular weight excluding hydrogens is 398 g/mol. The second kappa shape index (κ2) is 8.70. The summed E-state index contributed by atoms with van der Waals surface area (Å²) in [6, 6.07) is 7.72. The van der Waals surface area contributed by atoms with Gasteiger partial charge >= 0.3 is 0 Å². The molecule has 1 aliphatic carbocycles. The molecule has 0 aromatic carbocycles. The molecule has 0 radical (unpaired) electrons. The molecule has 1 fully saturated rings.